The summed E-state index contributed by atoms with van der Waals surface area (Å²) in [4.78, 5) is 0. The van der Waals surface area contributed by atoms with Crippen molar-refractivity contribution < 1.29 is 13.9 Å². The van der Waals surface area contributed by atoms with Crippen LogP contribution in [0, 0.1) is 5.82 Å². The SMILES string of the molecule is CNC(c1cc(OC)c(OC)cc1F)c1cc(Br)sc1Br. The van der Waals surface area contributed by atoms with Crippen LogP contribution in [0.1, 0.15) is 17.2 Å². The number of hydrogen-bond donors (Lipinski definition) is 1. The van der Waals surface area contributed by atoms with E-state index in [4.69, 9.17) is 9.47 Å². The molecule has 0 bridgehead atoms. The van der Waals surface area contributed by atoms with E-state index < -0.39 is 0 Å². The van der Waals surface area contributed by atoms with Crippen LogP contribution in [-0.4, -0.2) is 21.3 Å². The van der Waals surface area contributed by atoms with E-state index in [9.17, 15) is 4.39 Å². The first-order valence-corrected chi connectivity index (χ1v) is 8.45. The molecule has 1 atom stereocenters. The van der Waals surface area contributed by atoms with Crippen molar-refractivity contribution in [3.63, 3.8) is 0 Å². The lowest BCUT2D eigenvalue weighted by molar-refractivity contribution is 0.351. The van der Waals surface area contributed by atoms with Crippen molar-refractivity contribution >= 4 is 43.2 Å². The molecule has 0 aliphatic heterocycles. The average Bonchev–Trinajstić information content (AvgIpc) is 2.79. The maximum Gasteiger partial charge on any atom is 0.163 e. The molecule has 1 heterocycles. The molecular weight excluding hydrogens is 425 g/mol. The van der Waals surface area contributed by atoms with Crippen molar-refractivity contribution in [2.75, 3.05) is 21.3 Å². The van der Waals surface area contributed by atoms with Crippen molar-refractivity contribution in [3.05, 3.63) is 42.7 Å². The number of thiophene rings is 1. The Balaban J connectivity index is 2.54. The van der Waals surface area contributed by atoms with Gasteiger partial charge in [-0.25, -0.2) is 4.39 Å². The molecule has 0 spiro atoms. The van der Waals surface area contributed by atoms with Gasteiger partial charge in [0.05, 0.1) is 27.8 Å². The van der Waals surface area contributed by atoms with Crippen molar-refractivity contribution in [2.45, 2.75) is 6.04 Å². The van der Waals surface area contributed by atoms with Crippen LogP contribution in [0.4, 0.5) is 4.39 Å². The molecule has 0 fully saturated rings. The van der Waals surface area contributed by atoms with Gasteiger partial charge in [-0.1, -0.05) is 0 Å². The smallest absolute Gasteiger partial charge is 0.163 e. The topological polar surface area (TPSA) is 30.5 Å². The van der Waals surface area contributed by atoms with Crippen LogP contribution in [0.25, 0.3) is 0 Å². The number of ether oxygens (including phenoxy) is 2. The summed E-state index contributed by atoms with van der Waals surface area (Å²) in [5, 5.41) is 3.14. The maximum absolute atomic E-state index is 14.4. The van der Waals surface area contributed by atoms with Gasteiger partial charge in [-0.3, -0.25) is 0 Å². The third-order valence-corrected chi connectivity index (χ3v) is 5.48. The molecule has 114 valence electrons. The first-order chi connectivity index (χ1) is 10.0. The molecule has 1 N–H and O–H groups in total. The standard InChI is InChI=1S/C14H14Br2FNO2S/c1-18-13(8-5-12(15)21-14(8)16)7-4-10(19-2)11(20-3)6-9(7)17/h4-6,13,18H,1-3H3. The van der Waals surface area contributed by atoms with Gasteiger partial charge in [0.1, 0.15) is 5.82 Å². The maximum atomic E-state index is 14.4. The minimum Gasteiger partial charge on any atom is -0.493 e. The summed E-state index contributed by atoms with van der Waals surface area (Å²) in [6.45, 7) is 0. The second-order valence-corrected chi connectivity index (χ2v) is 7.98. The molecule has 3 nitrogen and oxygen atoms in total. The Labute approximate surface area is 143 Å². The summed E-state index contributed by atoms with van der Waals surface area (Å²) in [6, 6.07) is 4.68. The number of methoxy groups -OCH3 is 2. The molecule has 0 aliphatic rings. The van der Waals surface area contributed by atoms with E-state index in [2.05, 4.69) is 37.2 Å². The Morgan fingerprint density at radius 3 is 2.19 bits per heavy atom. The highest BCUT2D eigenvalue weighted by atomic mass is 79.9. The lowest BCUT2D eigenvalue weighted by Gasteiger charge is -2.19. The summed E-state index contributed by atoms with van der Waals surface area (Å²) >= 11 is 8.51. The number of rotatable bonds is 5. The Morgan fingerprint density at radius 2 is 1.71 bits per heavy atom. The van der Waals surface area contributed by atoms with E-state index in [0.29, 0.717) is 17.1 Å². The zero-order valence-corrected chi connectivity index (χ0v) is 15.7. The van der Waals surface area contributed by atoms with E-state index in [0.717, 1.165) is 13.1 Å². The van der Waals surface area contributed by atoms with Crippen molar-refractivity contribution in [1.82, 2.24) is 5.32 Å². The monoisotopic (exact) mass is 437 g/mol. The highest BCUT2D eigenvalue weighted by Gasteiger charge is 2.23. The molecule has 0 amide bonds. The van der Waals surface area contributed by atoms with Gasteiger partial charge in [-0.15, -0.1) is 11.3 Å². The van der Waals surface area contributed by atoms with Gasteiger partial charge in [0.2, 0.25) is 0 Å². The molecule has 21 heavy (non-hydrogen) atoms. The Kier molecular flexibility index (Phi) is 5.65. The summed E-state index contributed by atoms with van der Waals surface area (Å²) in [6.07, 6.45) is 0. The molecule has 2 aromatic rings. The Morgan fingerprint density at radius 1 is 1.10 bits per heavy atom. The molecule has 7 heteroatoms. The first kappa shape index (κ1) is 16.7. The molecule has 0 radical (unpaired) electrons. The molecule has 2 rings (SSSR count). The second kappa shape index (κ2) is 7.09. The first-order valence-electron chi connectivity index (χ1n) is 6.05. The van der Waals surface area contributed by atoms with Crippen molar-refractivity contribution in [3.8, 4) is 11.5 Å². The van der Waals surface area contributed by atoms with E-state index in [1.54, 1.807) is 24.5 Å². The van der Waals surface area contributed by atoms with Gasteiger partial charge in [-0.2, -0.15) is 0 Å². The molecule has 1 unspecified atom stereocenters. The van der Waals surface area contributed by atoms with Crippen LogP contribution in [0.5, 0.6) is 11.5 Å². The van der Waals surface area contributed by atoms with Crippen LogP contribution in [0.2, 0.25) is 0 Å². The second-order valence-electron chi connectivity index (χ2n) is 4.23. The highest BCUT2D eigenvalue weighted by Crippen LogP contribution is 2.40. The number of benzene rings is 1. The predicted octanol–water partition coefficient (Wildman–Crippen LogP) is 4.74. The van der Waals surface area contributed by atoms with Crippen molar-refractivity contribution in [2.24, 2.45) is 0 Å². The van der Waals surface area contributed by atoms with Gasteiger partial charge >= 0.3 is 0 Å². The van der Waals surface area contributed by atoms with Gasteiger partial charge < -0.3 is 14.8 Å². The lowest BCUT2D eigenvalue weighted by Crippen LogP contribution is -2.19. The molecule has 1 aromatic carbocycles. The average molecular weight is 439 g/mol. The van der Waals surface area contributed by atoms with Gasteiger partial charge in [0.15, 0.2) is 11.5 Å². The normalized spacial score (nSPS) is 12.3. The number of halogens is 3. The quantitative estimate of drug-likeness (QED) is 0.731. The zero-order chi connectivity index (χ0) is 15.6. The van der Waals surface area contributed by atoms with E-state index in [-0.39, 0.29) is 11.9 Å². The summed E-state index contributed by atoms with van der Waals surface area (Å²) in [5.41, 5.74) is 1.46. The van der Waals surface area contributed by atoms with E-state index >= 15 is 0 Å². The van der Waals surface area contributed by atoms with E-state index in [1.807, 2.05) is 6.07 Å². The molecule has 0 saturated heterocycles. The highest BCUT2D eigenvalue weighted by molar-refractivity contribution is 9.12. The zero-order valence-electron chi connectivity index (χ0n) is 11.7. The number of nitrogens with one attached hydrogen (secondary N) is 1. The van der Waals surface area contributed by atoms with Crippen LogP contribution in [0.3, 0.4) is 0 Å². The van der Waals surface area contributed by atoms with Crippen LogP contribution in [-0.2, 0) is 0 Å². The molecule has 0 saturated carbocycles. The third-order valence-electron chi connectivity index (χ3n) is 3.10. The summed E-state index contributed by atoms with van der Waals surface area (Å²) < 4.78 is 26.7. The fraction of sp³-hybridized carbons (Fsp3) is 0.286. The molecule has 1 aromatic heterocycles. The Hall–Kier alpha value is -0.630. The minimum atomic E-state index is -0.346. The number of hydrogen-bond acceptors (Lipinski definition) is 4. The fourth-order valence-electron chi connectivity index (χ4n) is 2.12. The molecule has 0 aliphatic carbocycles. The van der Waals surface area contributed by atoms with Crippen LogP contribution in [0.15, 0.2) is 25.8 Å². The minimum absolute atomic E-state index is 0.290. The third kappa shape index (κ3) is 3.41. The predicted molar refractivity (Wildman–Crippen MR) is 90.1 cm³/mol. The summed E-state index contributed by atoms with van der Waals surface area (Å²) in [7, 11) is 4.81. The lowest BCUT2D eigenvalue weighted by atomic mass is 10.0. The molecular formula is C14H14Br2FNO2S. The van der Waals surface area contributed by atoms with E-state index in [1.165, 1.54) is 20.3 Å². The van der Waals surface area contributed by atoms with Crippen LogP contribution >= 0.6 is 43.2 Å². The van der Waals surface area contributed by atoms with Gasteiger partial charge in [-0.05, 0) is 56.6 Å². The Bertz CT molecular complexity index is 648. The van der Waals surface area contributed by atoms with Gasteiger partial charge in [0.25, 0.3) is 0 Å². The fourth-order valence-corrected chi connectivity index (χ4v) is 5.02. The van der Waals surface area contributed by atoms with Crippen molar-refractivity contribution in [1.29, 1.82) is 0 Å². The summed E-state index contributed by atoms with van der Waals surface area (Å²) in [5.74, 6) is 0.528. The largest absolute Gasteiger partial charge is 0.493 e. The van der Waals surface area contributed by atoms with Gasteiger partial charge in [0, 0.05) is 11.6 Å². The van der Waals surface area contributed by atoms with Crippen LogP contribution < -0.4 is 14.8 Å².